The highest BCUT2D eigenvalue weighted by Crippen LogP contribution is 2.37. The van der Waals surface area contributed by atoms with Gasteiger partial charge in [-0.15, -0.1) is 0 Å². The average Bonchev–Trinajstić information content (AvgIpc) is 2.51. The predicted octanol–water partition coefficient (Wildman–Crippen LogP) is 2.24. The standard InChI is InChI=1S/C15H24O.C5H12O4/c1-10-8-11(14(2,3)4)9-12(13(10)16)15(5,6)7;6-1-5(2-7,3-8)4-9/h8-9,16H,1-7H3;6-9H,1-4H2. The lowest BCUT2D eigenvalue weighted by molar-refractivity contribution is -0.0328. The fourth-order valence-electron chi connectivity index (χ4n) is 2.08. The van der Waals surface area contributed by atoms with Crippen LogP contribution in [0.25, 0.3) is 0 Å². The molecule has 0 heterocycles. The van der Waals surface area contributed by atoms with E-state index in [1.165, 1.54) is 5.56 Å². The van der Waals surface area contributed by atoms with Gasteiger partial charge in [-0.1, -0.05) is 53.7 Å². The minimum Gasteiger partial charge on any atom is -0.507 e. The normalized spacial score (nSPS) is 12.6. The number of phenolic OH excluding ortho intramolecular Hbond substituents is 1. The highest BCUT2D eigenvalue weighted by atomic mass is 16.3. The van der Waals surface area contributed by atoms with Gasteiger partial charge in [0.15, 0.2) is 0 Å². The number of hydrogen-bond donors (Lipinski definition) is 5. The second-order valence-electron chi connectivity index (χ2n) is 8.82. The van der Waals surface area contributed by atoms with Gasteiger partial charge in [-0.2, -0.15) is 0 Å². The van der Waals surface area contributed by atoms with Crippen molar-refractivity contribution < 1.29 is 25.5 Å². The SMILES string of the molecule is Cc1cc(C(C)(C)C)cc(C(C)(C)C)c1O.OCC(CO)(CO)CO. The predicted molar refractivity (Wildman–Crippen MR) is 101 cm³/mol. The van der Waals surface area contributed by atoms with Crippen molar-refractivity contribution in [1.29, 1.82) is 0 Å². The summed E-state index contributed by atoms with van der Waals surface area (Å²) in [6.45, 7) is 13.3. The van der Waals surface area contributed by atoms with E-state index in [4.69, 9.17) is 20.4 Å². The number of hydrogen-bond acceptors (Lipinski definition) is 5. The van der Waals surface area contributed by atoms with Gasteiger partial charge in [0, 0.05) is 0 Å². The molecular formula is C20H36O5. The van der Waals surface area contributed by atoms with Crippen LogP contribution in [-0.4, -0.2) is 52.0 Å². The molecule has 0 unspecified atom stereocenters. The first-order valence-corrected chi connectivity index (χ1v) is 8.56. The van der Waals surface area contributed by atoms with Crippen LogP contribution in [0.15, 0.2) is 12.1 Å². The van der Waals surface area contributed by atoms with Crippen molar-refractivity contribution in [3.8, 4) is 5.75 Å². The maximum absolute atomic E-state index is 10.1. The molecule has 0 fully saturated rings. The van der Waals surface area contributed by atoms with Gasteiger partial charge in [-0.3, -0.25) is 0 Å². The summed E-state index contributed by atoms with van der Waals surface area (Å²) < 4.78 is 0. The van der Waals surface area contributed by atoms with E-state index >= 15 is 0 Å². The summed E-state index contributed by atoms with van der Waals surface area (Å²) in [6, 6.07) is 4.23. The first-order chi connectivity index (χ1) is 11.3. The monoisotopic (exact) mass is 356 g/mol. The lowest BCUT2D eigenvalue weighted by Gasteiger charge is -2.26. The van der Waals surface area contributed by atoms with E-state index in [-0.39, 0.29) is 10.8 Å². The van der Waals surface area contributed by atoms with E-state index in [0.29, 0.717) is 5.75 Å². The molecule has 5 nitrogen and oxygen atoms in total. The van der Waals surface area contributed by atoms with Crippen LogP contribution >= 0.6 is 0 Å². The third kappa shape index (κ3) is 6.59. The van der Waals surface area contributed by atoms with Gasteiger partial charge >= 0.3 is 0 Å². The maximum Gasteiger partial charge on any atom is 0.122 e. The third-order valence-corrected chi connectivity index (χ3v) is 4.32. The van der Waals surface area contributed by atoms with Gasteiger partial charge in [-0.25, -0.2) is 0 Å². The number of benzene rings is 1. The molecule has 1 aromatic rings. The summed E-state index contributed by atoms with van der Waals surface area (Å²) in [5.74, 6) is 0.445. The molecule has 5 heteroatoms. The molecule has 0 atom stereocenters. The van der Waals surface area contributed by atoms with Crippen LogP contribution in [0.5, 0.6) is 5.75 Å². The Kier molecular flexibility index (Phi) is 8.58. The molecule has 25 heavy (non-hydrogen) atoms. The lowest BCUT2D eigenvalue weighted by Crippen LogP contribution is -2.37. The van der Waals surface area contributed by atoms with Crippen molar-refractivity contribution in [3.05, 3.63) is 28.8 Å². The molecule has 5 N–H and O–H groups in total. The zero-order valence-corrected chi connectivity index (χ0v) is 16.7. The zero-order valence-electron chi connectivity index (χ0n) is 16.7. The summed E-state index contributed by atoms with van der Waals surface area (Å²) in [6.07, 6.45) is 0. The highest BCUT2D eigenvalue weighted by Gasteiger charge is 2.26. The second-order valence-corrected chi connectivity index (χ2v) is 8.82. The average molecular weight is 357 g/mol. The molecule has 0 saturated carbocycles. The number of aromatic hydroxyl groups is 1. The Bertz CT molecular complexity index is 517. The van der Waals surface area contributed by atoms with E-state index in [1.807, 2.05) is 6.92 Å². The van der Waals surface area contributed by atoms with Gasteiger partial charge in [0.25, 0.3) is 0 Å². The van der Waals surface area contributed by atoms with Crippen molar-refractivity contribution in [3.63, 3.8) is 0 Å². The number of phenols is 1. The van der Waals surface area contributed by atoms with E-state index in [0.717, 1.165) is 11.1 Å². The second kappa shape index (κ2) is 8.99. The van der Waals surface area contributed by atoms with Gasteiger partial charge in [-0.05, 0) is 34.4 Å². The summed E-state index contributed by atoms with van der Waals surface area (Å²) in [4.78, 5) is 0. The van der Waals surface area contributed by atoms with Crippen molar-refractivity contribution >= 4 is 0 Å². The van der Waals surface area contributed by atoms with E-state index in [2.05, 4.69) is 53.7 Å². The Labute approximate surface area is 152 Å². The molecule has 0 bridgehead atoms. The first-order valence-electron chi connectivity index (χ1n) is 8.56. The largest absolute Gasteiger partial charge is 0.507 e. The van der Waals surface area contributed by atoms with E-state index in [9.17, 15) is 5.11 Å². The summed E-state index contributed by atoms with van der Waals surface area (Å²) in [7, 11) is 0. The molecule has 146 valence electrons. The van der Waals surface area contributed by atoms with Crippen LogP contribution < -0.4 is 0 Å². The molecular weight excluding hydrogens is 320 g/mol. The van der Waals surface area contributed by atoms with Crippen LogP contribution in [0, 0.1) is 12.3 Å². The van der Waals surface area contributed by atoms with Gasteiger partial charge < -0.3 is 25.5 Å². The maximum atomic E-state index is 10.1. The molecule has 0 radical (unpaired) electrons. The van der Waals surface area contributed by atoms with E-state index in [1.54, 1.807) is 0 Å². The Hall–Kier alpha value is -1.14. The smallest absolute Gasteiger partial charge is 0.122 e. The topological polar surface area (TPSA) is 101 Å². The van der Waals surface area contributed by atoms with Crippen LogP contribution in [0.2, 0.25) is 0 Å². The Balaban J connectivity index is 0.000000547. The molecule has 0 amide bonds. The molecule has 0 aliphatic rings. The van der Waals surface area contributed by atoms with Crippen LogP contribution in [-0.2, 0) is 10.8 Å². The molecule has 0 saturated heterocycles. The highest BCUT2D eigenvalue weighted by molar-refractivity contribution is 5.47. The van der Waals surface area contributed by atoms with Crippen LogP contribution in [0.1, 0.15) is 58.2 Å². The number of aryl methyl sites for hydroxylation is 1. The van der Waals surface area contributed by atoms with Crippen molar-refractivity contribution in [2.75, 3.05) is 26.4 Å². The van der Waals surface area contributed by atoms with Crippen molar-refractivity contribution in [2.24, 2.45) is 5.41 Å². The third-order valence-electron chi connectivity index (χ3n) is 4.32. The van der Waals surface area contributed by atoms with Gasteiger partial charge in [0.2, 0.25) is 0 Å². The van der Waals surface area contributed by atoms with Crippen LogP contribution in [0.4, 0.5) is 0 Å². The number of aliphatic hydroxyl groups excluding tert-OH is 4. The molecule has 0 aromatic heterocycles. The first kappa shape index (κ1) is 23.9. The summed E-state index contributed by atoms with van der Waals surface area (Å²) >= 11 is 0. The summed E-state index contributed by atoms with van der Waals surface area (Å²) in [5.41, 5.74) is 2.29. The minimum absolute atomic E-state index is 0.0178. The number of aliphatic hydroxyl groups is 4. The fraction of sp³-hybridized carbons (Fsp3) is 0.700. The van der Waals surface area contributed by atoms with Gasteiger partial charge in [0.05, 0.1) is 31.8 Å². The van der Waals surface area contributed by atoms with Crippen LogP contribution in [0.3, 0.4) is 0 Å². The zero-order chi connectivity index (χ0) is 20.1. The quantitative estimate of drug-likeness (QED) is 0.569. The van der Waals surface area contributed by atoms with Crippen molar-refractivity contribution in [2.45, 2.75) is 59.3 Å². The molecule has 1 aromatic carbocycles. The lowest BCUT2D eigenvalue weighted by atomic mass is 9.79. The number of rotatable bonds is 4. The Morgan fingerprint density at radius 1 is 0.720 bits per heavy atom. The van der Waals surface area contributed by atoms with Gasteiger partial charge in [0.1, 0.15) is 5.75 Å². The summed E-state index contributed by atoms with van der Waals surface area (Å²) in [5, 5.41) is 44.1. The minimum atomic E-state index is -1.11. The van der Waals surface area contributed by atoms with Crippen molar-refractivity contribution in [1.82, 2.24) is 0 Å². The Morgan fingerprint density at radius 3 is 1.36 bits per heavy atom. The molecule has 1 rings (SSSR count). The molecule has 0 aliphatic carbocycles. The molecule has 0 aliphatic heterocycles. The van der Waals surface area contributed by atoms with E-state index < -0.39 is 31.8 Å². The molecule has 0 spiro atoms. The fourth-order valence-corrected chi connectivity index (χ4v) is 2.08. The Morgan fingerprint density at radius 2 is 1.12 bits per heavy atom.